The largest absolute Gasteiger partial charge is 0.477 e. The van der Waals surface area contributed by atoms with Crippen LogP contribution in [0.2, 0.25) is 0 Å². The van der Waals surface area contributed by atoms with Gasteiger partial charge in [-0.3, -0.25) is 4.79 Å². The number of anilines is 1. The highest BCUT2D eigenvalue weighted by atomic mass is 19.4. The van der Waals surface area contributed by atoms with E-state index in [1.54, 1.807) is 4.90 Å². The zero-order valence-corrected chi connectivity index (χ0v) is 16.0. The summed E-state index contributed by atoms with van der Waals surface area (Å²) in [5.41, 5.74) is -2.20. The number of halogens is 4. The Morgan fingerprint density at radius 3 is 2.45 bits per heavy atom. The zero-order chi connectivity index (χ0) is 22.3. The van der Waals surface area contributed by atoms with Gasteiger partial charge in [0.05, 0.1) is 16.8 Å². The van der Waals surface area contributed by atoms with Crippen LogP contribution in [0.5, 0.6) is 0 Å². The number of alkyl halides is 3. The van der Waals surface area contributed by atoms with E-state index in [4.69, 9.17) is 0 Å². The topological polar surface area (TPSA) is 74.6 Å². The van der Waals surface area contributed by atoms with Crippen LogP contribution in [0.25, 0.3) is 16.6 Å². The van der Waals surface area contributed by atoms with E-state index in [1.807, 2.05) is 0 Å². The van der Waals surface area contributed by atoms with Crippen molar-refractivity contribution in [2.45, 2.75) is 6.18 Å². The minimum atomic E-state index is -4.61. The van der Waals surface area contributed by atoms with Gasteiger partial charge >= 0.3 is 12.1 Å². The lowest BCUT2D eigenvalue weighted by atomic mass is 10.1. The number of hydrogen-bond donors (Lipinski definition) is 2. The molecule has 4 rings (SSSR count). The molecule has 1 saturated heterocycles. The number of aromatic nitrogens is 1. The van der Waals surface area contributed by atoms with E-state index >= 15 is 0 Å². The van der Waals surface area contributed by atoms with Gasteiger partial charge in [-0.15, -0.1) is 0 Å². The van der Waals surface area contributed by atoms with Crippen molar-refractivity contribution in [2.75, 3.05) is 31.1 Å². The number of pyridine rings is 1. The van der Waals surface area contributed by atoms with Crippen molar-refractivity contribution in [2.24, 2.45) is 0 Å². The molecule has 0 unspecified atom stereocenters. The summed E-state index contributed by atoms with van der Waals surface area (Å²) in [6.07, 6.45) is -3.64. The molecule has 1 fully saturated rings. The second-order valence-corrected chi connectivity index (χ2v) is 7.15. The molecule has 0 amide bonds. The Labute approximate surface area is 173 Å². The first-order valence-electron chi connectivity index (χ1n) is 9.42. The molecule has 0 saturated carbocycles. The number of nitrogens with one attached hydrogen (secondary N) is 1. The summed E-state index contributed by atoms with van der Waals surface area (Å²) in [7, 11) is 0. The number of rotatable bonds is 3. The van der Waals surface area contributed by atoms with Gasteiger partial charge in [-0.2, -0.15) is 13.2 Å². The molecule has 162 valence electrons. The predicted molar refractivity (Wildman–Crippen MR) is 107 cm³/mol. The molecule has 31 heavy (non-hydrogen) atoms. The lowest BCUT2D eigenvalue weighted by molar-refractivity contribution is -0.137. The SMILES string of the molecule is O=C(O)c1cn(-c2cccc(C(F)(F)F)c2)c2cc(N3CCNCC3)c(F)cc2c1=O. The third kappa shape index (κ3) is 3.86. The molecule has 1 aliphatic heterocycles. The number of fused-ring (bicyclic) bond motifs is 1. The van der Waals surface area contributed by atoms with Crippen LogP contribution in [0.4, 0.5) is 23.2 Å². The van der Waals surface area contributed by atoms with Crippen molar-refractivity contribution >= 4 is 22.6 Å². The van der Waals surface area contributed by atoms with E-state index in [9.17, 15) is 32.3 Å². The molecule has 0 bridgehead atoms. The van der Waals surface area contributed by atoms with Gasteiger partial charge < -0.3 is 19.9 Å². The molecule has 0 radical (unpaired) electrons. The van der Waals surface area contributed by atoms with Crippen LogP contribution in [0.15, 0.2) is 47.4 Å². The fraction of sp³-hybridized carbons (Fsp3) is 0.238. The highest BCUT2D eigenvalue weighted by molar-refractivity contribution is 5.94. The summed E-state index contributed by atoms with van der Waals surface area (Å²) in [5, 5.41) is 12.3. The van der Waals surface area contributed by atoms with E-state index < -0.39 is 34.5 Å². The fourth-order valence-corrected chi connectivity index (χ4v) is 3.68. The van der Waals surface area contributed by atoms with Crippen LogP contribution >= 0.6 is 0 Å². The van der Waals surface area contributed by atoms with E-state index in [0.29, 0.717) is 26.2 Å². The standard InChI is InChI=1S/C21H17F4N3O3/c22-16-9-14-17(10-18(16)27-6-4-26-5-7-27)28(11-15(19(14)29)20(30)31)13-3-1-2-12(8-13)21(23,24)25/h1-3,8-11,26H,4-7H2,(H,30,31). The molecule has 10 heteroatoms. The van der Waals surface area contributed by atoms with Gasteiger partial charge in [0.15, 0.2) is 0 Å². The first kappa shape index (κ1) is 20.9. The van der Waals surface area contributed by atoms with Gasteiger partial charge in [-0.25, -0.2) is 9.18 Å². The Bertz CT molecular complexity index is 1230. The van der Waals surface area contributed by atoms with Crippen molar-refractivity contribution in [1.82, 2.24) is 9.88 Å². The van der Waals surface area contributed by atoms with Crippen LogP contribution in [0.1, 0.15) is 15.9 Å². The average Bonchev–Trinajstić information content (AvgIpc) is 2.74. The number of carbonyl (C=O) groups is 1. The Morgan fingerprint density at radius 2 is 1.81 bits per heavy atom. The number of carboxylic acid groups (broad SMARTS) is 1. The van der Waals surface area contributed by atoms with Gasteiger partial charge in [0.2, 0.25) is 5.43 Å². The van der Waals surface area contributed by atoms with Crippen LogP contribution in [0, 0.1) is 5.82 Å². The van der Waals surface area contributed by atoms with Crippen LogP contribution in [-0.4, -0.2) is 41.8 Å². The van der Waals surface area contributed by atoms with Crippen LogP contribution in [-0.2, 0) is 6.18 Å². The number of carboxylic acids is 1. The normalized spacial score (nSPS) is 14.8. The molecular weight excluding hydrogens is 418 g/mol. The molecule has 2 aromatic carbocycles. The van der Waals surface area contributed by atoms with Crippen LogP contribution in [0.3, 0.4) is 0 Å². The van der Waals surface area contributed by atoms with Gasteiger partial charge in [-0.1, -0.05) is 6.07 Å². The summed E-state index contributed by atoms with van der Waals surface area (Å²) in [4.78, 5) is 26.0. The molecule has 1 aliphatic rings. The lowest BCUT2D eigenvalue weighted by Crippen LogP contribution is -2.43. The first-order chi connectivity index (χ1) is 14.7. The summed E-state index contributed by atoms with van der Waals surface area (Å²) in [5.74, 6) is -2.26. The summed E-state index contributed by atoms with van der Waals surface area (Å²) in [6, 6.07) is 6.61. The number of piperazine rings is 1. The Morgan fingerprint density at radius 1 is 1.10 bits per heavy atom. The Balaban J connectivity index is 2.02. The predicted octanol–water partition coefficient (Wildman–Crippen LogP) is 3.26. The summed E-state index contributed by atoms with van der Waals surface area (Å²) in [6.45, 7) is 2.25. The number of aromatic carboxylic acids is 1. The molecule has 0 aliphatic carbocycles. The van der Waals surface area contributed by atoms with Crippen LogP contribution < -0.4 is 15.6 Å². The molecule has 1 aromatic heterocycles. The fourth-order valence-electron chi connectivity index (χ4n) is 3.68. The second-order valence-electron chi connectivity index (χ2n) is 7.15. The smallest absolute Gasteiger partial charge is 0.416 e. The van der Waals surface area contributed by atoms with Crippen molar-refractivity contribution in [1.29, 1.82) is 0 Å². The van der Waals surface area contributed by atoms with Crippen molar-refractivity contribution < 1.29 is 27.5 Å². The highest BCUT2D eigenvalue weighted by Gasteiger charge is 2.31. The minimum Gasteiger partial charge on any atom is -0.477 e. The number of nitrogens with zero attached hydrogens (tertiary/aromatic N) is 2. The van der Waals surface area contributed by atoms with Crippen molar-refractivity contribution in [3.8, 4) is 5.69 Å². The number of benzene rings is 2. The van der Waals surface area contributed by atoms with E-state index in [-0.39, 0.29) is 22.3 Å². The third-order valence-electron chi connectivity index (χ3n) is 5.21. The second kappa shape index (κ2) is 7.69. The molecule has 3 aromatic rings. The van der Waals surface area contributed by atoms with Gasteiger partial charge in [0.1, 0.15) is 11.4 Å². The molecule has 2 N–H and O–H groups in total. The highest BCUT2D eigenvalue weighted by Crippen LogP contribution is 2.32. The van der Waals surface area contributed by atoms with Crippen molar-refractivity contribution in [3.05, 3.63) is 69.8 Å². The molecular formula is C21H17F4N3O3. The Hall–Kier alpha value is -3.40. The summed E-state index contributed by atoms with van der Waals surface area (Å²) < 4.78 is 55.7. The van der Waals surface area contributed by atoms with Crippen molar-refractivity contribution in [3.63, 3.8) is 0 Å². The Kier molecular flexibility index (Phi) is 5.18. The monoisotopic (exact) mass is 435 g/mol. The molecule has 0 spiro atoms. The number of hydrogen-bond acceptors (Lipinski definition) is 4. The van der Waals surface area contributed by atoms with Gasteiger partial charge in [0.25, 0.3) is 0 Å². The lowest BCUT2D eigenvalue weighted by Gasteiger charge is -2.30. The van der Waals surface area contributed by atoms with Gasteiger partial charge in [-0.05, 0) is 30.3 Å². The maximum Gasteiger partial charge on any atom is 0.416 e. The van der Waals surface area contributed by atoms with E-state index in [2.05, 4.69) is 5.32 Å². The maximum atomic E-state index is 14.9. The average molecular weight is 435 g/mol. The zero-order valence-electron chi connectivity index (χ0n) is 16.0. The third-order valence-corrected chi connectivity index (χ3v) is 5.21. The van der Waals surface area contributed by atoms with E-state index in [0.717, 1.165) is 24.4 Å². The molecule has 6 nitrogen and oxygen atoms in total. The minimum absolute atomic E-state index is 0.000180. The maximum absolute atomic E-state index is 14.9. The molecule has 2 heterocycles. The first-order valence-corrected chi connectivity index (χ1v) is 9.42. The summed E-state index contributed by atoms with van der Waals surface area (Å²) >= 11 is 0. The quantitative estimate of drug-likeness (QED) is 0.618. The van der Waals surface area contributed by atoms with E-state index in [1.165, 1.54) is 22.8 Å². The van der Waals surface area contributed by atoms with Gasteiger partial charge in [0, 0.05) is 43.4 Å². The molecule has 0 atom stereocenters.